The zero-order valence-corrected chi connectivity index (χ0v) is 9.18. The van der Waals surface area contributed by atoms with Gasteiger partial charge in [0.1, 0.15) is 0 Å². The van der Waals surface area contributed by atoms with Crippen LogP contribution in [0.2, 0.25) is 0 Å². The number of nitrogens with zero attached hydrogens (tertiary/aromatic N) is 1. The zero-order valence-electron chi connectivity index (χ0n) is 9.18. The van der Waals surface area contributed by atoms with Crippen LogP contribution < -0.4 is 5.32 Å². The van der Waals surface area contributed by atoms with Crippen LogP contribution in [0.5, 0.6) is 0 Å². The molecule has 0 aromatic rings. The maximum atomic E-state index is 3.55. The van der Waals surface area contributed by atoms with E-state index in [9.17, 15) is 0 Å². The fourth-order valence-corrected chi connectivity index (χ4v) is 2.11. The van der Waals surface area contributed by atoms with Crippen LogP contribution in [0.15, 0.2) is 0 Å². The fraction of sp³-hybridized carbons (Fsp3) is 1.00. The first-order chi connectivity index (χ1) is 6.38. The molecule has 13 heavy (non-hydrogen) atoms. The largest absolute Gasteiger partial charge is 0.315 e. The van der Waals surface area contributed by atoms with E-state index in [1.165, 1.54) is 51.9 Å². The number of likely N-dealkylation sites (N-methyl/N-ethyl adjacent to an activating group) is 1. The smallest absolute Gasteiger partial charge is 0.0220 e. The topological polar surface area (TPSA) is 15.3 Å². The molecular weight excluding hydrogens is 160 g/mol. The molecule has 0 aliphatic carbocycles. The van der Waals surface area contributed by atoms with Crippen LogP contribution >= 0.6 is 0 Å². The van der Waals surface area contributed by atoms with Gasteiger partial charge in [0.25, 0.3) is 0 Å². The van der Waals surface area contributed by atoms with Gasteiger partial charge in [-0.25, -0.2) is 0 Å². The first-order valence-corrected chi connectivity index (χ1v) is 5.83. The molecule has 1 aliphatic rings. The van der Waals surface area contributed by atoms with Crippen molar-refractivity contribution in [3.63, 3.8) is 0 Å². The van der Waals surface area contributed by atoms with Crippen molar-refractivity contribution in [2.24, 2.45) is 0 Å². The summed E-state index contributed by atoms with van der Waals surface area (Å²) in [7, 11) is 0. The van der Waals surface area contributed by atoms with Gasteiger partial charge in [0.2, 0.25) is 0 Å². The van der Waals surface area contributed by atoms with Gasteiger partial charge in [-0.2, -0.15) is 0 Å². The second-order valence-electron chi connectivity index (χ2n) is 3.98. The van der Waals surface area contributed by atoms with E-state index < -0.39 is 0 Å². The third kappa shape index (κ3) is 3.65. The number of hydrogen-bond acceptors (Lipinski definition) is 2. The lowest BCUT2D eigenvalue weighted by Gasteiger charge is -2.22. The lowest BCUT2D eigenvalue weighted by molar-refractivity contribution is 0.260. The van der Waals surface area contributed by atoms with Gasteiger partial charge in [-0.05, 0) is 38.9 Å². The van der Waals surface area contributed by atoms with Crippen LogP contribution in [0.25, 0.3) is 0 Å². The van der Waals surface area contributed by atoms with Crippen molar-refractivity contribution < 1.29 is 0 Å². The van der Waals surface area contributed by atoms with Gasteiger partial charge in [-0.1, -0.05) is 20.3 Å². The van der Waals surface area contributed by atoms with Crippen molar-refractivity contribution in [3.8, 4) is 0 Å². The molecular formula is C11H24N2. The third-order valence-corrected chi connectivity index (χ3v) is 2.99. The zero-order chi connectivity index (χ0) is 9.52. The quantitative estimate of drug-likeness (QED) is 0.634. The molecule has 78 valence electrons. The van der Waals surface area contributed by atoms with E-state index in [0.29, 0.717) is 0 Å². The summed E-state index contributed by atoms with van der Waals surface area (Å²) in [6.45, 7) is 9.45. The molecule has 1 heterocycles. The van der Waals surface area contributed by atoms with Crippen molar-refractivity contribution in [3.05, 3.63) is 0 Å². The highest BCUT2D eigenvalue weighted by molar-refractivity contribution is 4.79. The molecule has 1 rings (SSSR count). The van der Waals surface area contributed by atoms with E-state index in [-0.39, 0.29) is 0 Å². The van der Waals surface area contributed by atoms with Gasteiger partial charge in [-0.3, -0.25) is 4.90 Å². The Bertz CT molecular complexity index is 125. The second-order valence-corrected chi connectivity index (χ2v) is 3.98. The van der Waals surface area contributed by atoms with E-state index in [2.05, 4.69) is 24.1 Å². The summed E-state index contributed by atoms with van der Waals surface area (Å²) in [6, 6.07) is 0.821. The first-order valence-electron chi connectivity index (χ1n) is 5.83. The molecule has 0 amide bonds. The summed E-state index contributed by atoms with van der Waals surface area (Å²) in [4.78, 5) is 2.60. The molecule has 1 fully saturated rings. The Hall–Kier alpha value is -0.0800. The summed E-state index contributed by atoms with van der Waals surface area (Å²) in [5.74, 6) is 0. The predicted molar refractivity (Wildman–Crippen MR) is 58.0 cm³/mol. The summed E-state index contributed by atoms with van der Waals surface area (Å²) in [6.07, 6.45) is 5.41. The first kappa shape index (κ1) is 11.0. The second kappa shape index (κ2) is 6.39. The predicted octanol–water partition coefficient (Wildman–Crippen LogP) is 1.86. The van der Waals surface area contributed by atoms with Gasteiger partial charge in [0.15, 0.2) is 0 Å². The Morgan fingerprint density at radius 3 is 2.92 bits per heavy atom. The fourth-order valence-electron chi connectivity index (χ4n) is 2.11. The Morgan fingerprint density at radius 2 is 2.23 bits per heavy atom. The maximum Gasteiger partial charge on any atom is 0.0220 e. The Morgan fingerprint density at radius 1 is 1.38 bits per heavy atom. The standard InChI is InChI=1S/C11H24N2/c1-3-5-8-12-10-11-7-6-9-13(11)4-2/h11-12H,3-10H2,1-2H3/t11-/m0/s1. The van der Waals surface area contributed by atoms with Crippen molar-refractivity contribution in [1.82, 2.24) is 10.2 Å². The maximum absolute atomic E-state index is 3.55. The highest BCUT2D eigenvalue weighted by atomic mass is 15.2. The van der Waals surface area contributed by atoms with Gasteiger partial charge in [0, 0.05) is 12.6 Å². The highest BCUT2D eigenvalue weighted by Crippen LogP contribution is 2.15. The number of hydrogen-bond donors (Lipinski definition) is 1. The molecule has 0 spiro atoms. The molecule has 1 saturated heterocycles. The number of nitrogens with one attached hydrogen (secondary N) is 1. The van der Waals surface area contributed by atoms with Crippen molar-refractivity contribution in [1.29, 1.82) is 0 Å². The van der Waals surface area contributed by atoms with Gasteiger partial charge < -0.3 is 5.32 Å². The Balaban J connectivity index is 2.06. The number of likely N-dealkylation sites (tertiary alicyclic amines) is 1. The molecule has 1 atom stereocenters. The van der Waals surface area contributed by atoms with E-state index >= 15 is 0 Å². The van der Waals surface area contributed by atoms with Crippen molar-refractivity contribution in [2.75, 3.05) is 26.2 Å². The summed E-state index contributed by atoms with van der Waals surface area (Å²) < 4.78 is 0. The molecule has 0 bridgehead atoms. The van der Waals surface area contributed by atoms with Crippen LogP contribution in [0.1, 0.15) is 39.5 Å². The van der Waals surface area contributed by atoms with Crippen LogP contribution in [0.4, 0.5) is 0 Å². The summed E-state index contributed by atoms with van der Waals surface area (Å²) in [5.41, 5.74) is 0. The van der Waals surface area contributed by atoms with E-state index in [4.69, 9.17) is 0 Å². The lowest BCUT2D eigenvalue weighted by Crippen LogP contribution is -2.38. The average molecular weight is 184 g/mol. The van der Waals surface area contributed by atoms with Crippen LogP contribution in [0.3, 0.4) is 0 Å². The van der Waals surface area contributed by atoms with Crippen molar-refractivity contribution >= 4 is 0 Å². The monoisotopic (exact) mass is 184 g/mol. The number of rotatable bonds is 6. The summed E-state index contributed by atoms with van der Waals surface area (Å²) >= 11 is 0. The molecule has 2 heteroatoms. The minimum Gasteiger partial charge on any atom is -0.315 e. The van der Waals surface area contributed by atoms with Crippen molar-refractivity contribution in [2.45, 2.75) is 45.6 Å². The minimum atomic E-state index is 0.821. The Kier molecular flexibility index (Phi) is 5.40. The molecule has 0 aromatic carbocycles. The van der Waals surface area contributed by atoms with E-state index in [1.54, 1.807) is 0 Å². The van der Waals surface area contributed by atoms with Crippen LogP contribution in [-0.2, 0) is 0 Å². The molecule has 0 aromatic heterocycles. The van der Waals surface area contributed by atoms with Crippen LogP contribution in [-0.4, -0.2) is 37.1 Å². The lowest BCUT2D eigenvalue weighted by atomic mass is 10.2. The molecule has 0 saturated carbocycles. The minimum absolute atomic E-state index is 0.821. The molecule has 0 radical (unpaired) electrons. The molecule has 1 aliphatic heterocycles. The average Bonchev–Trinajstić information content (AvgIpc) is 2.60. The van der Waals surface area contributed by atoms with Crippen LogP contribution in [0, 0.1) is 0 Å². The Labute approximate surface area is 82.7 Å². The van der Waals surface area contributed by atoms with Gasteiger partial charge in [-0.15, -0.1) is 0 Å². The third-order valence-electron chi connectivity index (χ3n) is 2.99. The van der Waals surface area contributed by atoms with E-state index in [0.717, 1.165) is 6.04 Å². The van der Waals surface area contributed by atoms with E-state index in [1.807, 2.05) is 0 Å². The number of unbranched alkanes of at least 4 members (excludes halogenated alkanes) is 1. The van der Waals surface area contributed by atoms with Gasteiger partial charge in [0.05, 0.1) is 0 Å². The molecule has 0 unspecified atom stereocenters. The SMILES string of the molecule is CCCCNC[C@@H]1CCCN1CC. The highest BCUT2D eigenvalue weighted by Gasteiger charge is 2.21. The van der Waals surface area contributed by atoms with Gasteiger partial charge >= 0.3 is 0 Å². The normalized spacial score (nSPS) is 24.0. The summed E-state index contributed by atoms with van der Waals surface area (Å²) in [5, 5.41) is 3.55. The molecule has 1 N–H and O–H groups in total. The molecule has 2 nitrogen and oxygen atoms in total.